The molecule has 1 aliphatic rings. The Morgan fingerprint density at radius 1 is 1.09 bits per heavy atom. The summed E-state index contributed by atoms with van der Waals surface area (Å²) in [7, 11) is 3.24. The van der Waals surface area contributed by atoms with Gasteiger partial charge in [-0.25, -0.2) is 0 Å². The minimum atomic E-state index is 0.141. The first-order chi connectivity index (χ1) is 11.1. The van der Waals surface area contributed by atoms with Gasteiger partial charge < -0.3 is 9.47 Å². The second-order valence-electron chi connectivity index (χ2n) is 5.75. The molecule has 0 aliphatic heterocycles. The first kappa shape index (κ1) is 15.8. The quantitative estimate of drug-likeness (QED) is 0.773. The van der Waals surface area contributed by atoms with Crippen molar-refractivity contribution in [2.75, 3.05) is 14.2 Å². The standard InChI is InChI=1S/C19H20O3S/c1-11-5-6-12(2)17-14(11)8-7-13(18(17)20)9-16-19(22-4)15(21-3)10-23-16/h5-6,9-10H,7-8H2,1-4H3/b13-9+. The van der Waals surface area contributed by atoms with Crippen molar-refractivity contribution >= 4 is 23.2 Å². The summed E-state index contributed by atoms with van der Waals surface area (Å²) in [5.74, 6) is 1.55. The van der Waals surface area contributed by atoms with E-state index in [4.69, 9.17) is 9.47 Å². The Labute approximate surface area is 140 Å². The molecule has 23 heavy (non-hydrogen) atoms. The largest absolute Gasteiger partial charge is 0.492 e. The van der Waals surface area contributed by atoms with Gasteiger partial charge in [-0.2, -0.15) is 0 Å². The first-order valence-electron chi connectivity index (χ1n) is 7.60. The number of carbonyl (C=O) groups is 1. The van der Waals surface area contributed by atoms with Crippen LogP contribution in [0, 0.1) is 13.8 Å². The van der Waals surface area contributed by atoms with Crippen LogP contribution >= 0.6 is 11.3 Å². The Kier molecular flexibility index (Phi) is 4.26. The summed E-state index contributed by atoms with van der Waals surface area (Å²) >= 11 is 1.53. The summed E-state index contributed by atoms with van der Waals surface area (Å²) in [6.45, 7) is 4.08. The highest BCUT2D eigenvalue weighted by atomic mass is 32.1. The summed E-state index contributed by atoms with van der Waals surface area (Å²) in [4.78, 5) is 13.9. The Morgan fingerprint density at radius 2 is 1.83 bits per heavy atom. The fourth-order valence-corrected chi connectivity index (χ4v) is 4.06. The molecule has 1 aliphatic carbocycles. The maximum absolute atomic E-state index is 12.9. The molecule has 0 unspecified atom stereocenters. The summed E-state index contributed by atoms with van der Waals surface area (Å²) in [6, 6.07) is 4.13. The molecule has 0 atom stereocenters. The third-order valence-corrected chi connectivity index (χ3v) is 5.28. The van der Waals surface area contributed by atoms with Gasteiger partial charge in [-0.1, -0.05) is 12.1 Å². The number of carbonyl (C=O) groups excluding carboxylic acids is 1. The third kappa shape index (κ3) is 2.68. The minimum absolute atomic E-state index is 0.141. The number of allylic oxidation sites excluding steroid dienone is 1. The lowest BCUT2D eigenvalue weighted by Crippen LogP contribution is -2.17. The Hall–Kier alpha value is -2.07. The molecule has 0 radical (unpaired) electrons. The monoisotopic (exact) mass is 328 g/mol. The SMILES string of the molecule is COc1csc(/C=C2\CCc3c(C)ccc(C)c3C2=O)c1OC. The highest BCUT2D eigenvalue weighted by molar-refractivity contribution is 7.11. The lowest BCUT2D eigenvalue weighted by Gasteiger charge is -2.21. The lowest BCUT2D eigenvalue weighted by molar-refractivity contribution is 0.102. The number of aryl methyl sites for hydroxylation is 2. The maximum atomic E-state index is 12.9. The van der Waals surface area contributed by atoms with Crippen LogP contribution in [0.4, 0.5) is 0 Å². The van der Waals surface area contributed by atoms with E-state index in [2.05, 4.69) is 13.0 Å². The molecule has 2 aromatic rings. The zero-order valence-electron chi connectivity index (χ0n) is 13.9. The highest BCUT2D eigenvalue weighted by Crippen LogP contribution is 2.40. The third-order valence-electron chi connectivity index (χ3n) is 4.39. The number of hydrogen-bond acceptors (Lipinski definition) is 4. The van der Waals surface area contributed by atoms with E-state index in [9.17, 15) is 4.79 Å². The number of ketones is 1. The molecular weight excluding hydrogens is 308 g/mol. The average Bonchev–Trinajstić information content (AvgIpc) is 2.94. The second kappa shape index (κ2) is 6.20. The van der Waals surface area contributed by atoms with Gasteiger partial charge >= 0.3 is 0 Å². The van der Waals surface area contributed by atoms with Crippen LogP contribution in [0.5, 0.6) is 11.5 Å². The van der Waals surface area contributed by atoms with Gasteiger partial charge in [0, 0.05) is 16.5 Å². The van der Waals surface area contributed by atoms with Crippen LogP contribution in [0.2, 0.25) is 0 Å². The van der Waals surface area contributed by atoms with Gasteiger partial charge in [-0.05, 0) is 49.5 Å². The molecule has 120 valence electrons. The average molecular weight is 328 g/mol. The van der Waals surface area contributed by atoms with Crippen molar-refractivity contribution in [1.29, 1.82) is 0 Å². The summed E-state index contributed by atoms with van der Waals surface area (Å²) < 4.78 is 10.7. The Bertz CT molecular complexity index is 799. The molecule has 1 heterocycles. The maximum Gasteiger partial charge on any atom is 0.189 e. The van der Waals surface area contributed by atoms with Crippen molar-refractivity contribution in [3.8, 4) is 11.5 Å². The van der Waals surface area contributed by atoms with Gasteiger partial charge in [0.05, 0.1) is 19.1 Å². The van der Waals surface area contributed by atoms with Crippen LogP contribution in [0.3, 0.4) is 0 Å². The molecule has 4 heteroatoms. The Balaban J connectivity index is 2.05. The number of fused-ring (bicyclic) bond motifs is 1. The van der Waals surface area contributed by atoms with E-state index < -0.39 is 0 Å². The van der Waals surface area contributed by atoms with E-state index >= 15 is 0 Å². The van der Waals surface area contributed by atoms with Gasteiger partial charge in [0.2, 0.25) is 0 Å². The van der Waals surface area contributed by atoms with Gasteiger partial charge in [0.25, 0.3) is 0 Å². The summed E-state index contributed by atoms with van der Waals surface area (Å²) in [6.07, 6.45) is 3.63. The van der Waals surface area contributed by atoms with Crippen LogP contribution in [0.15, 0.2) is 23.1 Å². The normalized spacial score (nSPS) is 15.7. The van der Waals surface area contributed by atoms with E-state index in [-0.39, 0.29) is 5.78 Å². The fourth-order valence-electron chi connectivity index (χ4n) is 3.12. The van der Waals surface area contributed by atoms with Crippen molar-refractivity contribution < 1.29 is 14.3 Å². The topological polar surface area (TPSA) is 35.5 Å². The van der Waals surface area contributed by atoms with E-state index in [0.29, 0.717) is 11.5 Å². The molecule has 1 aromatic carbocycles. The van der Waals surface area contributed by atoms with Crippen molar-refractivity contribution in [2.45, 2.75) is 26.7 Å². The predicted octanol–water partition coefficient (Wildman–Crippen LogP) is 4.59. The molecule has 0 fully saturated rings. The van der Waals surface area contributed by atoms with Crippen LogP contribution in [-0.4, -0.2) is 20.0 Å². The number of benzene rings is 1. The van der Waals surface area contributed by atoms with Gasteiger partial charge in [-0.3, -0.25) is 4.79 Å². The minimum Gasteiger partial charge on any atom is -0.492 e. The predicted molar refractivity (Wildman–Crippen MR) is 94.0 cm³/mol. The van der Waals surface area contributed by atoms with Crippen molar-refractivity contribution in [3.63, 3.8) is 0 Å². The van der Waals surface area contributed by atoms with E-state index in [1.165, 1.54) is 22.5 Å². The molecule has 3 nitrogen and oxygen atoms in total. The number of methoxy groups -OCH3 is 2. The molecule has 0 N–H and O–H groups in total. The smallest absolute Gasteiger partial charge is 0.189 e. The molecule has 0 saturated heterocycles. The zero-order valence-corrected chi connectivity index (χ0v) is 14.7. The van der Waals surface area contributed by atoms with Crippen molar-refractivity contribution in [2.24, 2.45) is 0 Å². The van der Waals surface area contributed by atoms with Crippen LogP contribution < -0.4 is 9.47 Å². The van der Waals surface area contributed by atoms with Crippen LogP contribution in [-0.2, 0) is 6.42 Å². The molecule has 0 amide bonds. The van der Waals surface area contributed by atoms with E-state index in [0.717, 1.165) is 34.4 Å². The number of hydrogen-bond donors (Lipinski definition) is 0. The van der Waals surface area contributed by atoms with E-state index in [1.807, 2.05) is 24.4 Å². The second-order valence-corrected chi connectivity index (χ2v) is 6.66. The summed E-state index contributed by atoms with van der Waals surface area (Å²) in [5, 5.41) is 1.90. The van der Waals surface area contributed by atoms with Gasteiger partial charge in [-0.15, -0.1) is 11.3 Å². The first-order valence-corrected chi connectivity index (χ1v) is 8.48. The molecule has 0 bridgehead atoms. The number of thiophene rings is 1. The molecule has 1 aromatic heterocycles. The summed E-state index contributed by atoms with van der Waals surface area (Å²) in [5.41, 5.74) is 5.17. The van der Waals surface area contributed by atoms with Crippen molar-refractivity contribution in [1.82, 2.24) is 0 Å². The van der Waals surface area contributed by atoms with E-state index in [1.54, 1.807) is 14.2 Å². The fraction of sp³-hybridized carbons (Fsp3) is 0.316. The molecule has 0 saturated carbocycles. The van der Waals surface area contributed by atoms with Gasteiger partial charge in [0.1, 0.15) is 0 Å². The number of Topliss-reactive ketones (excluding diaryl/α,β-unsaturated/α-hetero) is 1. The highest BCUT2D eigenvalue weighted by Gasteiger charge is 2.25. The lowest BCUT2D eigenvalue weighted by atomic mass is 9.82. The van der Waals surface area contributed by atoms with Crippen LogP contribution in [0.25, 0.3) is 6.08 Å². The van der Waals surface area contributed by atoms with Gasteiger partial charge in [0.15, 0.2) is 17.3 Å². The molecule has 3 rings (SSSR count). The number of ether oxygens (including phenoxy) is 2. The van der Waals surface area contributed by atoms with Crippen molar-refractivity contribution in [3.05, 3.63) is 50.2 Å². The van der Waals surface area contributed by atoms with Crippen LogP contribution in [0.1, 0.15) is 38.3 Å². The molecule has 0 spiro atoms. The zero-order chi connectivity index (χ0) is 16.6. The Morgan fingerprint density at radius 3 is 2.52 bits per heavy atom. The molecular formula is C19H20O3S. The number of rotatable bonds is 3.